The van der Waals surface area contributed by atoms with Gasteiger partial charge < -0.3 is 0 Å². The fourth-order valence-corrected chi connectivity index (χ4v) is 18.6. The van der Waals surface area contributed by atoms with Crippen molar-refractivity contribution in [1.82, 2.24) is 4.90 Å². The molecular weight excluding hydrogens is 471 g/mol. The van der Waals surface area contributed by atoms with Gasteiger partial charge in [0.05, 0.1) is 0 Å². The molecule has 2 N–H and O–H groups in total. The van der Waals surface area contributed by atoms with E-state index in [-0.39, 0.29) is 6.09 Å². The first-order chi connectivity index (χ1) is 13.6. The number of nitrogens with zero attached hydrogens (tertiary/aromatic N) is 1. The average molecular weight is 519 g/mol. The summed E-state index contributed by atoms with van der Waals surface area (Å²) in [6.07, 6.45) is 8.43. The van der Waals surface area contributed by atoms with Gasteiger partial charge in [0.1, 0.15) is 0 Å². The van der Waals surface area contributed by atoms with Gasteiger partial charge in [-0.05, 0) is 0 Å². The molecule has 0 radical (unpaired) electrons. The van der Waals surface area contributed by atoms with Crippen LogP contribution in [-0.4, -0.2) is 64.8 Å². The molecule has 1 fully saturated rings. The molecule has 1 amide bonds. The molecule has 0 spiro atoms. The van der Waals surface area contributed by atoms with Crippen LogP contribution in [-0.2, 0) is 9.47 Å². The number of ether oxygens (including phenoxy) is 2. The number of unbranched alkanes of at least 4 members (excludes halogenated alkanes) is 3. The Balaban J connectivity index is 2.64. The third-order valence-electron chi connectivity index (χ3n) is 6.02. The van der Waals surface area contributed by atoms with E-state index in [2.05, 4.69) is 20.8 Å². The van der Waals surface area contributed by atoms with E-state index in [1.54, 1.807) is 4.90 Å². The molecule has 6 heteroatoms. The van der Waals surface area contributed by atoms with Gasteiger partial charge in [0.2, 0.25) is 0 Å². The molecular formula is C23H48N2O3Sn. The Morgan fingerprint density at radius 1 is 1.03 bits per heavy atom. The van der Waals surface area contributed by atoms with Crippen LogP contribution < -0.4 is 5.73 Å². The van der Waals surface area contributed by atoms with Gasteiger partial charge in [-0.3, -0.25) is 0 Å². The Morgan fingerprint density at radius 2 is 1.55 bits per heavy atom. The van der Waals surface area contributed by atoms with Gasteiger partial charge in [0.15, 0.2) is 0 Å². The first-order valence-corrected chi connectivity index (χ1v) is 20.0. The van der Waals surface area contributed by atoms with E-state index in [9.17, 15) is 4.79 Å². The van der Waals surface area contributed by atoms with Gasteiger partial charge >= 0.3 is 185 Å². The molecule has 1 heterocycles. The van der Waals surface area contributed by atoms with Crippen molar-refractivity contribution < 1.29 is 14.3 Å². The molecule has 1 rings (SSSR count). The molecule has 0 unspecified atom stereocenters. The second kappa shape index (κ2) is 12.7. The summed E-state index contributed by atoms with van der Waals surface area (Å²) in [6.45, 7) is 14.4. The molecule has 172 valence electrons. The van der Waals surface area contributed by atoms with Crippen molar-refractivity contribution in [2.45, 2.75) is 111 Å². The molecule has 1 atom stereocenters. The second-order valence-corrected chi connectivity index (χ2v) is 24.0. The summed E-state index contributed by atoms with van der Waals surface area (Å²) < 4.78 is 17.3. The molecule has 5 nitrogen and oxygen atoms in total. The molecule has 0 bridgehead atoms. The standard InChI is InChI=1S/C11H21N2O3.3C4H9.Sn/c1-10(2,3)16-9(14)13-6-5-11(12,7-13)8-15-4;3*1-3-4-2;/h4-8,12H2,1-3H3;3*1,3-4H2,2H3;/t11-;;;;/m0..../s1. The van der Waals surface area contributed by atoms with Gasteiger partial charge in [-0.1, -0.05) is 0 Å². The summed E-state index contributed by atoms with van der Waals surface area (Å²) in [4.78, 5) is 14.1. The Morgan fingerprint density at radius 3 is 2.00 bits per heavy atom. The second-order valence-electron chi connectivity index (χ2n) is 10.3. The number of carbonyl (C=O) groups is 1. The summed E-state index contributed by atoms with van der Waals surface area (Å²) in [7, 11) is 0. The summed E-state index contributed by atoms with van der Waals surface area (Å²) in [5, 5.41) is 0. The first-order valence-electron chi connectivity index (χ1n) is 11.9. The summed E-state index contributed by atoms with van der Waals surface area (Å²) in [5.41, 5.74) is 5.72. The fourth-order valence-electron chi connectivity index (χ4n) is 4.21. The van der Waals surface area contributed by atoms with E-state index in [1.807, 2.05) is 20.8 Å². The summed E-state index contributed by atoms with van der Waals surface area (Å²) in [5.74, 6) is 0. The predicted octanol–water partition coefficient (Wildman–Crippen LogP) is 5.73. The average Bonchev–Trinajstić information content (AvgIpc) is 3.04. The third-order valence-corrected chi connectivity index (χ3v) is 20.5. The van der Waals surface area contributed by atoms with Gasteiger partial charge in [0.25, 0.3) is 0 Å². The molecule has 0 aromatic carbocycles. The van der Waals surface area contributed by atoms with Crippen molar-refractivity contribution in [1.29, 1.82) is 0 Å². The number of hydrogen-bond acceptors (Lipinski definition) is 4. The molecule has 0 aromatic heterocycles. The minimum absolute atomic E-state index is 0.257. The van der Waals surface area contributed by atoms with E-state index in [4.69, 9.17) is 15.2 Å². The van der Waals surface area contributed by atoms with Gasteiger partial charge in [-0.25, -0.2) is 0 Å². The number of hydrogen-bond donors (Lipinski definition) is 1. The van der Waals surface area contributed by atoms with Crippen LogP contribution in [0.5, 0.6) is 0 Å². The maximum atomic E-state index is 12.4. The zero-order valence-electron chi connectivity index (χ0n) is 20.1. The molecule has 29 heavy (non-hydrogen) atoms. The van der Waals surface area contributed by atoms with E-state index in [0.717, 1.165) is 11.0 Å². The first kappa shape index (κ1) is 27.0. The van der Waals surface area contributed by atoms with Crippen molar-refractivity contribution in [3.8, 4) is 0 Å². The SMILES string of the molecule is CCC[CH2][Sn]([CH2]CCC)([CH2]CCC)[CH2]OC[C@]1(N)CCN(C(=O)OC(C)(C)C)C1. The van der Waals surface area contributed by atoms with Crippen LogP contribution in [0.4, 0.5) is 4.79 Å². The minimum atomic E-state index is -2.29. The van der Waals surface area contributed by atoms with Crippen LogP contribution in [0.15, 0.2) is 0 Å². The monoisotopic (exact) mass is 520 g/mol. The number of likely N-dealkylation sites (tertiary alicyclic amines) is 1. The predicted molar refractivity (Wildman–Crippen MR) is 125 cm³/mol. The molecule has 1 aliphatic heterocycles. The van der Waals surface area contributed by atoms with E-state index >= 15 is 0 Å². The molecule has 0 aromatic rings. The Bertz CT molecular complexity index is 459. The number of carbonyl (C=O) groups excluding carboxylic acids is 1. The van der Waals surface area contributed by atoms with Crippen molar-refractivity contribution in [2.75, 3.05) is 24.3 Å². The van der Waals surface area contributed by atoms with Crippen LogP contribution >= 0.6 is 0 Å². The third kappa shape index (κ3) is 10.2. The Labute approximate surface area is 184 Å². The maximum absolute atomic E-state index is 12.4. The molecule has 1 saturated heterocycles. The summed E-state index contributed by atoms with van der Waals surface area (Å²) >= 11 is -2.29. The number of rotatable bonds is 13. The Kier molecular flexibility index (Phi) is 11.9. The van der Waals surface area contributed by atoms with Crippen molar-refractivity contribution in [3.63, 3.8) is 0 Å². The van der Waals surface area contributed by atoms with Gasteiger partial charge in [-0.2, -0.15) is 0 Å². The molecule has 0 saturated carbocycles. The zero-order valence-corrected chi connectivity index (χ0v) is 23.0. The van der Waals surface area contributed by atoms with Crippen LogP contribution in [0.3, 0.4) is 0 Å². The quantitative estimate of drug-likeness (QED) is 0.316. The van der Waals surface area contributed by atoms with Crippen LogP contribution in [0.25, 0.3) is 0 Å². The van der Waals surface area contributed by atoms with Crippen molar-refractivity contribution >= 4 is 24.5 Å². The normalized spacial score (nSPS) is 20.3. The molecule has 0 aliphatic carbocycles. The van der Waals surface area contributed by atoms with E-state index in [0.29, 0.717) is 19.7 Å². The van der Waals surface area contributed by atoms with Crippen LogP contribution in [0, 0.1) is 0 Å². The van der Waals surface area contributed by atoms with Crippen molar-refractivity contribution in [2.24, 2.45) is 5.73 Å². The van der Waals surface area contributed by atoms with Crippen molar-refractivity contribution in [3.05, 3.63) is 0 Å². The number of nitrogens with two attached hydrogens (primary N) is 1. The molecule has 1 aliphatic rings. The number of amides is 1. The fraction of sp³-hybridized carbons (Fsp3) is 0.957. The van der Waals surface area contributed by atoms with Gasteiger partial charge in [-0.15, -0.1) is 0 Å². The summed E-state index contributed by atoms with van der Waals surface area (Å²) in [6, 6.07) is 0. The van der Waals surface area contributed by atoms with Crippen LogP contribution in [0.2, 0.25) is 13.3 Å². The topological polar surface area (TPSA) is 64.8 Å². The van der Waals surface area contributed by atoms with E-state index < -0.39 is 29.5 Å². The zero-order chi connectivity index (χ0) is 22.0. The van der Waals surface area contributed by atoms with Gasteiger partial charge in [0, 0.05) is 0 Å². The Hall–Kier alpha value is -0.0113. The van der Waals surface area contributed by atoms with Crippen LogP contribution in [0.1, 0.15) is 86.5 Å². The van der Waals surface area contributed by atoms with E-state index in [1.165, 1.54) is 51.8 Å².